The molecular weight excluding hydrogens is 314 g/mol. The molecule has 120 valence electrons. The number of carbonyl (C=O) groups excluding carboxylic acids is 1. The highest BCUT2D eigenvalue weighted by Crippen LogP contribution is 2.18. The van der Waals surface area contributed by atoms with Crippen LogP contribution in [0, 0.1) is 17.0 Å². The summed E-state index contributed by atoms with van der Waals surface area (Å²) in [5.41, 5.74) is -0.568. The number of benzene rings is 1. The van der Waals surface area contributed by atoms with E-state index >= 15 is 0 Å². The normalized spacial score (nSPS) is 10.5. The second kappa shape index (κ2) is 5.92. The van der Waals surface area contributed by atoms with Crippen LogP contribution in [0.3, 0.4) is 0 Å². The molecule has 8 heteroatoms. The predicted molar refractivity (Wildman–Crippen MR) is 86.1 cm³/mol. The minimum absolute atomic E-state index is 0.107. The molecule has 3 aromatic rings. The van der Waals surface area contributed by atoms with Crippen LogP contribution in [-0.4, -0.2) is 15.8 Å². The summed E-state index contributed by atoms with van der Waals surface area (Å²) in [5.74, 6) is -0.592. The number of hydrogen-bond acceptors (Lipinski definition) is 6. The maximum absolute atomic E-state index is 12.3. The molecule has 0 atom stereocenters. The second-order valence-corrected chi connectivity index (χ2v) is 5.00. The number of hydrogen-bond donors (Lipinski definition) is 1. The number of rotatable bonds is 3. The maximum atomic E-state index is 12.3. The van der Waals surface area contributed by atoms with Gasteiger partial charge in [-0.15, -0.1) is 0 Å². The summed E-state index contributed by atoms with van der Waals surface area (Å²) in [4.78, 5) is 38.4. The molecule has 0 aliphatic carbocycles. The number of aryl methyl sites for hydroxylation is 1. The van der Waals surface area contributed by atoms with Gasteiger partial charge in [0.05, 0.1) is 4.92 Å². The van der Waals surface area contributed by atoms with Crippen LogP contribution >= 0.6 is 0 Å². The van der Waals surface area contributed by atoms with Gasteiger partial charge in [-0.05, 0) is 25.1 Å². The molecule has 1 aromatic carbocycles. The van der Waals surface area contributed by atoms with Gasteiger partial charge in [-0.1, -0.05) is 18.2 Å². The van der Waals surface area contributed by atoms with Gasteiger partial charge in [0.2, 0.25) is 0 Å². The lowest BCUT2D eigenvalue weighted by Gasteiger charge is -2.05. The Labute approximate surface area is 134 Å². The molecule has 2 aromatic heterocycles. The number of amides is 1. The van der Waals surface area contributed by atoms with Crippen molar-refractivity contribution in [2.75, 3.05) is 5.32 Å². The lowest BCUT2D eigenvalue weighted by molar-refractivity contribution is -0.385. The fraction of sp³-hybridized carbons (Fsp3) is 0.0625. The van der Waals surface area contributed by atoms with Gasteiger partial charge >= 0.3 is 5.63 Å². The number of anilines is 1. The van der Waals surface area contributed by atoms with Crippen LogP contribution in [0.1, 0.15) is 16.1 Å². The number of carbonyl (C=O) groups is 1. The van der Waals surface area contributed by atoms with Crippen molar-refractivity contribution in [3.05, 3.63) is 74.3 Å². The highest BCUT2D eigenvalue weighted by Gasteiger charge is 2.16. The van der Waals surface area contributed by atoms with E-state index in [9.17, 15) is 19.7 Å². The first kappa shape index (κ1) is 15.3. The van der Waals surface area contributed by atoms with Gasteiger partial charge in [-0.3, -0.25) is 14.9 Å². The molecule has 2 heterocycles. The zero-order valence-corrected chi connectivity index (χ0v) is 12.5. The van der Waals surface area contributed by atoms with E-state index in [4.69, 9.17) is 4.42 Å². The number of pyridine rings is 1. The first-order valence-corrected chi connectivity index (χ1v) is 6.92. The van der Waals surface area contributed by atoms with E-state index in [1.807, 2.05) is 0 Å². The molecular formula is C16H11N3O5. The third-order valence-corrected chi connectivity index (χ3v) is 3.38. The van der Waals surface area contributed by atoms with Crippen molar-refractivity contribution >= 4 is 28.4 Å². The molecule has 0 unspecified atom stereocenters. The number of aromatic nitrogens is 1. The number of nitro groups is 1. The predicted octanol–water partition coefficient (Wildman–Crippen LogP) is 2.66. The van der Waals surface area contributed by atoms with Crippen molar-refractivity contribution in [2.24, 2.45) is 0 Å². The van der Waals surface area contributed by atoms with Crippen LogP contribution in [-0.2, 0) is 0 Å². The summed E-state index contributed by atoms with van der Waals surface area (Å²) in [6.07, 6.45) is 0. The Morgan fingerprint density at radius 1 is 1.25 bits per heavy atom. The Hall–Kier alpha value is -3.55. The van der Waals surface area contributed by atoms with Gasteiger partial charge in [-0.2, -0.15) is 0 Å². The molecule has 3 rings (SSSR count). The van der Waals surface area contributed by atoms with Crippen molar-refractivity contribution in [1.29, 1.82) is 0 Å². The average molecular weight is 325 g/mol. The van der Waals surface area contributed by atoms with Crippen molar-refractivity contribution in [3.63, 3.8) is 0 Å². The van der Waals surface area contributed by atoms with E-state index in [0.29, 0.717) is 11.0 Å². The fourth-order valence-electron chi connectivity index (χ4n) is 2.22. The van der Waals surface area contributed by atoms with E-state index in [-0.39, 0.29) is 22.8 Å². The Balaban J connectivity index is 1.93. The van der Waals surface area contributed by atoms with Gasteiger partial charge in [0.15, 0.2) is 0 Å². The number of nitrogens with one attached hydrogen (secondary N) is 1. The third-order valence-electron chi connectivity index (χ3n) is 3.38. The second-order valence-electron chi connectivity index (χ2n) is 5.00. The quantitative estimate of drug-likeness (QED) is 0.449. The summed E-state index contributed by atoms with van der Waals surface area (Å²) in [6, 6.07) is 10.8. The smallest absolute Gasteiger partial charge is 0.349 e. The monoisotopic (exact) mass is 325 g/mol. The van der Waals surface area contributed by atoms with Crippen LogP contribution in [0.2, 0.25) is 0 Å². The first-order valence-electron chi connectivity index (χ1n) is 6.92. The van der Waals surface area contributed by atoms with E-state index in [1.54, 1.807) is 24.3 Å². The lowest BCUT2D eigenvalue weighted by Crippen LogP contribution is -2.21. The van der Waals surface area contributed by atoms with E-state index in [0.717, 1.165) is 0 Å². The largest absolute Gasteiger partial charge is 0.422 e. The highest BCUT2D eigenvalue weighted by atomic mass is 16.6. The molecule has 0 spiro atoms. The van der Waals surface area contributed by atoms with E-state index < -0.39 is 16.5 Å². The van der Waals surface area contributed by atoms with E-state index in [1.165, 1.54) is 25.1 Å². The number of fused-ring (bicyclic) bond motifs is 1. The molecule has 8 nitrogen and oxygen atoms in total. The molecule has 0 aliphatic heterocycles. The Morgan fingerprint density at radius 2 is 2.00 bits per heavy atom. The minimum atomic E-state index is -0.773. The first-order chi connectivity index (χ1) is 11.5. The van der Waals surface area contributed by atoms with Crippen LogP contribution in [0.25, 0.3) is 11.0 Å². The Bertz CT molecular complexity index is 1030. The summed E-state index contributed by atoms with van der Waals surface area (Å²) < 4.78 is 5.10. The summed E-state index contributed by atoms with van der Waals surface area (Å²) in [6.45, 7) is 1.46. The van der Waals surface area contributed by atoms with Crippen LogP contribution in [0.5, 0.6) is 0 Å². The standard InChI is InChI=1S/C16H11N3O5/c1-9-12(19(22)23)6-7-14(17-9)18-15(20)11-8-10-4-2-3-5-13(10)24-16(11)21/h2-8H,1H3,(H,17,18,20). The summed E-state index contributed by atoms with van der Waals surface area (Å²) >= 11 is 0. The lowest BCUT2D eigenvalue weighted by atomic mass is 10.2. The Morgan fingerprint density at radius 3 is 2.71 bits per heavy atom. The van der Waals surface area contributed by atoms with Crippen LogP contribution in [0.4, 0.5) is 11.5 Å². The molecule has 0 radical (unpaired) electrons. The summed E-state index contributed by atoms with van der Waals surface area (Å²) in [7, 11) is 0. The third kappa shape index (κ3) is 2.84. The molecule has 0 aliphatic rings. The zero-order chi connectivity index (χ0) is 17.3. The van der Waals surface area contributed by atoms with Crippen LogP contribution < -0.4 is 10.9 Å². The van der Waals surface area contributed by atoms with Gasteiger partial charge in [-0.25, -0.2) is 9.78 Å². The fourth-order valence-corrected chi connectivity index (χ4v) is 2.22. The number of nitrogens with zero attached hydrogens (tertiary/aromatic N) is 2. The molecule has 0 saturated carbocycles. The molecule has 1 N–H and O–H groups in total. The molecule has 0 fully saturated rings. The highest BCUT2D eigenvalue weighted by molar-refractivity contribution is 6.05. The molecule has 24 heavy (non-hydrogen) atoms. The maximum Gasteiger partial charge on any atom is 0.349 e. The van der Waals surface area contributed by atoms with Crippen molar-refractivity contribution in [1.82, 2.24) is 4.98 Å². The SMILES string of the molecule is Cc1nc(NC(=O)c2cc3ccccc3oc2=O)ccc1[N+](=O)[O-]. The molecule has 1 amide bonds. The van der Waals surface area contributed by atoms with Gasteiger partial charge in [0.1, 0.15) is 22.7 Å². The van der Waals surface area contributed by atoms with Gasteiger partial charge < -0.3 is 9.73 Å². The van der Waals surface area contributed by atoms with Crippen LogP contribution in [0.15, 0.2) is 51.7 Å². The minimum Gasteiger partial charge on any atom is -0.422 e. The van der Waals surface area contributed by atoms with Crippen molar-refractivity contribution in [2.45, 2.75) is 6.92 Å². The van der Waals surface area contributed by atoms with Crippen molar-refractivity contribution in [3.8, 4) is 0 Å². The zero-order valence-electron chi connectivity index (χ0n) is 12.5. The number of para-hydroxylation sites is 1. The topological polar surface area (TPSA) is 115 Å². The van der Waals surface area contributed by atoms with Gasteiger partial charge in [0, 0.05) is 11.5 Å². The Kier molecular flexibility index (Phi) is 3.78. The molecule has 0 bridgehead atoms. The van der Waals surface area contributed by atoms with Crippen molar-refractivity contribution < 1.29 is 14.1 Å². The molecule has 0 saturated heterocycles. The van der Waals surface area contributed by atoms with Gasteiger partial charge in [0.25, 0.3) is 11.6 Å². The average Bonchev–Trinajstić information content (AvgIpc) is 2.53. The van der Waals surface area contributed by atoms with E-state index in [2.05, 4.69) is 10.3 Å². The summed E-state index contributed by atoms with van der Waals surface area (Å²) in [5, 5.41) is 13.8.